The van der Waals surface area contributed by atoms with Gasteiger partial charge in [0.25, 0.3) is 5.56 Å². The van der Waals surface area contributed by atoms with Gasteiger partial charge < -0.3 is 4.57 Å². The lowest BCUT2D eigenvalue weighted by atomic mass is 10.3. The van der Waals surface area contributed by atoms with Crippen LogP contribution >= 0.6 is 0 Å². The minimum absolute atomic E-state index is 0.0121. The smallest absolute Gasteiger partial charge is 0.250 e. The first-order chi connectivity index (χ1) is 10.3. The van der Waals surface area contributed by atoms with Gasteiger partial charge in [-0.15, -0.1) is 5.10 Å². The SMILES string of the molecule is CCn1nccc1-c1cn(CCn2ccccc2=O)nn1. The van der Waals surface area contributed by atoms with E-state index in [9.17, 15) is 4.79 Å². The van der Waals surface area contributed by atoms with Gasteiger partial charge in [-0.2, -0.15) is 5.10 Å². The Labute approximate surface area is 121 Å². The summed E-state index contributed by atoms with van der Waals surface area (Å²) < 4.78 is 5.26. The number of pyridine rings is 1. The minimum Gasteiger partial charge on any atom is -0.314 e. The zero-order chi connectivity index (χ0) is 14.7. The second kappa shape index (κ2) is 5.74. The van der Waals surface area contributed by atoms with Crippen molar-refractivity contribution >= 4 is 0 Å². The van der Waals surface area contributed by atoms with Gasteiger partial charge in [-0.3, -0.25) is 14.2 Å². The summed E-state index contributed by atoms with van der Waals surface area (Å²) in [5.74, 6) is 0. The zero-order valence-corrected chi connectivity index (χ0v) is 11.8. The van der Waals surface area contributed by atoms with E-state index >= 15 is 0 Å². The van der Waals surface area contributed by atoms with Crippen LogP contribution < -0.4 is 5.56 Å². The molecule has 0 saturated carbocycles. The summed E-state index contributed by atoms with van der Waals surface area (Å²) in [6.45, 7) is 3.98. The van der Waals surface area contributed by atoms with Crippen molar-refractivity contribution in [3.63, 3.8) is 0 Å². The van der Waals surface area contributed by atoms with E-state index < -0.39 is 0 Å². The molecule has 0 radical (unpaired) electrons. The normalized spacial score (nSPS) is 10.9. The molecule has 0 aliphatic heterocycles. The predicted octanol–water partition coefficient (Wildman–Crippen LogP) is 1.02. The molecule has 0 aromatic carbocycles. The first-order valence-corrected chi connectivity index (χ1v) is 6.85. The molecule has 0 aliphatic carbocycles. The van der Waals surface area contributed by atoms with Crippen molar-refractivity contribution in [1.29, 1.82) is 0 Å². The number of aryl methyl sites for hydroxylation is 3. The predicted molar refractivity (Wildman–Crippen MR) is 77.6 cm³/mol. The third-order valence-corrected chi connectivity index (χ3v) is 3.29. The van der Waals surface area contributed by atoms with Crippen molar-refractivity contribution in [1.82, 2.24) is 29.3 Å². The highest BCUT2D eigenvalue weighted by atomic mass is 16.1. The van der Waals surface area contributed by atoms with E-state index in [0.717, 1.165) is 17.9 Å². The van der Waals surface area contributed by atoms with Crippen LogP contribution in [0.1, 0.15) is 6.92 Å². The summed E-state index contributed by atoms with van der Waals surface area (Å²) in [5, 5.41) is 12.5. The Hall–Kier alpha value is -2.70. The molecule has 7 nitrogen and oxygen atoms in total. The molecule has 3 aromatic rings. The Morgan fingerprint density at radius 2 is 2.10 bits per heavy atom. The number of hydrogen-bond acceptors (Lipinski definition) is 4. The number of hydrogen-bond donors (Lipinski definition) is 0. The lowest BCUT2D eigenvalue weighted by molar-refractivity contribution is 0.511. The fourth-order valence-corrected chi connectivity index (χ4v) is 2.18. The van der Waals surface area contributed by atoms with Crippen molar-refractivity contribution in [3.05, 3.63) is 53.2 Å². The molecule has 108 valence electrons. The van der Waals surface area contributed by atoms with E-state index in [1.807, 2.05) is 29.9 Å². The third kappa shape index (κ3) is 2.76. The van der Waals surface area contributed by atoms with Crippen molar-refractivity contribution < 1.29 is 0 Å². The maximum atomic E-state index is 11.6. The lowest BCUT2D eigenvalue weighted by Gasteiger charge is -2.04. The van der Waals surface area contributed by atoms with Crippen LogP contribution in [0.3, 0.4) is 0 Å². The van der Waals surface area contributed by atoms with Gasteiger partial charge in [-0.25, -0.2) is 0 Å². The average molecular weight is 284 g/mol. The Morgan fingerprint density at radius 3 is 2.90 bits per heavy atom. The van der Waals surface area contributed by atoms with Gasteiger partial charge in [0.1, 0.15) is 5.69 Å². The summed E-state index contributed by atoms with van der Waals surface area (Å²) >= 11 is 0. The standard InChI is InChI=1S/C14H16N6O/c1-2-20-13(6-7-15-20)12-11-19(17-16-12)10-9-18-8-4-3-5-14(18)21/h3-8,11H,2,9-10H2,1H3. The zero-order valence-electron chi connectivity index (χ0n) is 11.8. The van der Waals surface area contributed by atoms with Crippen LogP contribution in [-0.2, 0) is 19.6 Å². The molecule has 0 fully saturated rings. The summed E-state index contributed by atoms with van der Waals surface area (Å²) in [6, 6.07) is 7.04. The quantitative estimate of drug-likeness (QED) is 0.701. The van der Waals surface area contributed by atoms with Gasteiger partial charge in [0, 0.05) is 31.5 Å². The van der Waals surface area contributed by atoms with Crippen molar-refractivity contribution in [3.8, 4) is 11.4 Å². The molecule has 0 N–H and O–H groups in total. The molecule has 0 amide bonds. The van der Waals surface area contributed by atoms with Crippen molar-refractivity contribution in [2.75, 3.05) is 0 Å². The van der Waals surface area contributed by atoms with Crippen LogP contribution in [0, 0.1) is 0 Å². The van der Waals surface area contributed by atoms with Gasteiger partial charge >= 0.3 is 0 Å². The highest BCUT2D eigenvalue weighted by Gasteiger charge is 2.08. The largest absolute Gasteiger partial charge is 0.314 e. The highest BCUT2D eigenvalue weighted by molar-refractivity contribution is 5.51. The van der Waals surface area contributed by atoms with Gasteiger partial charge in [0.05, 0.1) is 18.4 Å². The molecular weight excluding hydrogens is 268 g/mol. The Balaban J connectivity index is 1.74. The molecule has 3 aromatic heterocycles. The first kappa shape index (κ1) is 13.3. The Morgan fingerprint density at radius 1 is 1.19 bits per heavy atom. The molecule has 3 rings (SSSR count). The maximum absolute atomic E-state index is 11.6. The van der Waals surface area contributed by atoms with E-state index in [2.05, 4.69) is 15.4 Å². The molecule has 0 atom stereocenters. The van der Waals surface area contributed by atoms with Crippen LogP contribution in [0.4, 0.5) is 0 Å². The van der Waals surface area contributed by atoms with E-state index in [-0.39, 0.29) is 5.56 Å². The van der Waals surface area contributed by atoms with Gasteiger partial charge in [-0.05, 0) is 19.1 Å². The summed E-state index contributed by atoms with van der Waals surface area (Å²) in [4.78, 5) is 11.6. The minimum atomic E-state index is -0.0121. The average Bonchev–Trinajstić information content (AvgIpc) is 3.14. The van der Waals surface area contributed by atoms with Gasteiger partial charge in [0.2, 0.25) is 0 Å². The first-order valence-electron chi connectivity index (χ1n) is 6.85. The summed E-state index contributed by atoms with van der Waals surface area (Å²) in [6.07, 6.45) is 5.39. The third-order valence-electron chi connectivity index (χ3n) is 3.29. The Bertz CT molecular complexity index is 784. The Kier molecular flexibility index (Phi) is 3.63. The molecule has 0 spiro atoms. The number of nitrogens with zero attached hydrogens (tertiary/aromatic N) is 6. The summed E-state index contributed by atoms with van der Waals surface area (Å²) in [5.41, 5.74) is 1.72. The monoisotopic (exact) mass is 284 g/mol. The lowest BCUT2D eigenvalue weighted by Crippen LogP contribution is -2.20. The molecule has 0 saturated heterocycles. The maximum Gasteiger partial charge on any atom is 0.250 e. The number of rotatable bonds is 5. The van der Waals surface area contributed by atoms with Crippen LogP contribution in [0.5, 0.6) is 0 Å². The molecule has 7 heteroatoms. The fourth-order valence-electron chi connectivity index (χ4n) is 2.18. The summed E-state index contributed by atoms with van der Waals surface area (Å²) in [7, 11) is 0. The van der Waals surface area contributed by atoms with E-state index in [1.165, 1.54) is 0 Å². The molecular formula is C14H16N6O. The highest BCUT2D eigenvalue weighted by Crippen LogP contribution is 2.15. The van der Waals surface area contributed by atoms with Crippen LogP contribution in [0.15, 0.2) is 47.7 Å². The second-order valence-electron chi connectivity index (χ2n) is 4.63. The van der Waals surface area contributed by atoms with Gasteiger partial charge in [0.15, 0.2) is 0 Å². The van der Waals surface area contributed by atoms with Crippen LogP contribution in [0.2, 0.25) is 0 Å². The molecule has 0 unspecified atom stereocenters. The van der Waals surface area contributed by atoms with Crippen molar-refractivity contribution in [2.24, 2.45) is 0 Å². The van der Waals surface area contributed by atoms with E-state index in [0.29, 0.717) is 13.1 Å². The second-order valence-corrected chi connectivity index (χ2v) is 4.63. The van der Waals surface area contributed by atoms with Crippen LogP contribution in [0.25, 0.3) is 11.4 Å². The van der Waals surface area contributed by atoms with E-state index in [4.69, 9.17) is 0 Å². The van der Waals surface area contributed by atoms with Gasteiger partial charge in [-0.1, -0.05) is 11.3 Å². The number of aromatic nitrogens is 6. The molecule has 3 heterocycles. The molecule has 0 bridgehead atoms. The molecule has 21 heavy (non-hydrogen) atoms. The molecule has 0 aliphatic rings. The van der Waals surface area contributed by atoms with Crippen molar-refractivity contribution in [2.45, 2.75) is 26.6 Å². The van der Waals surface area contributed by atoms with E-state index in [1.54, 1.807) is 33.8 Å². The van der Waals surface area contributed by atoms with Crippen LogP contribution in [-0.4, -0.2) is 29.3 Å². The topological polar surface area (TPSA) is 70.5 Å². The fraction of sp³-hybridized carbons (Fsp3) is 0.286.